The van der Waals surface area contributed by atoms with Crippen LogP contribution in [0, 0.1) is 0 Å². The molecule has 2 bridgehead atoms. The molecule has 1 saturated heterocycles. The molecule has 0 spiro atoms. The number of piperazine rings is 1. The van der Waals surface area contributed by atoms with Gasteiger partial charge in [-0.05, 0) is 49.3 Å². The molecule has 1 aromatic rings. The van der Waals surface area contributed by atoms with Crippen molar-refractivity contribution in [2.24, 2.45) is 0 Å². The Hall–Kier alpha value is -2.17. The molecule has 2 amide bonds. The van der Waals surface area contributed by atoms with Crippen LogP contribution in [-0.2, 0) is 9.59 Å². The van der Waals surface area contributed by atoms with Gasteiger partial charge in [0.2, 0.25) is 11.8 Å². The molecule has 144 valence electrons. The van der Waals surface area contributed by atoms with Gasteiger partial charge in [0.05, 0.1) is 5.69 Å². The average molecular weight is 368 g/mol. The lowest BCUT2D eigenvalue weighted by atomic mass is 9.83. The Kier molecular flexibility index (Phi) is 5.02. The van der Waals surface area contributed by atoms with Crippen molar-refractivity contribution in [1.29, 1.82) is 0 Å². The molecular weight excluding hydrogens is 340 g/mol. The van der Waals surface area contributed by atoms with Crippen molar-refractivity contribution in [3.05, 3.63) is 29.3 Å². The summed E-state index contributed by atoms with van der Waals surface area (Å²) in [5.74, 6) is 0.545. The van der Waals surface area contributed by atoms with E-state index in [1.807, 2.05) is 6.07 Å². The van der Waals surface area contributed by atoms with Crippen molar-refractivity contribution in [2.45, 2.75) is 70.3 Å². The Balaban J connectivity index is 1.71. The zero-order valence-corrected chi connectivity index (χ0v) is 16.1. The highest BCUT2D eigenvalue weighted by Gasteiger charge is 2.38. The summed E-state index contributed by atoms with van der Waals surface area (Å²) in [4.78, 5) is 41.4. The summed E-state index contributed by atoms with van der Waals surface area (Å²) in [5.41, 5.74) is 2.68. The van der Waals surface area contributed by atoms with E-state index in [0.717, 1.165) is 5.69 Å². The normalized spacial score (nSPS) is 24.1. The van der Waals surface area contributed by atoms with E-state index in [1.165, 1.54) is 44.6 Å². The number of benzene rings is 1. The predicted molar refractivity (Wildman–Crippen MR) is 104 cm³/mol. The van der Waals surface area contributed by atoms with Crippen LogP contribution in [-0.4, -0.2) is 41.6 Å². The minimum absolute atomic E-state index is 0.0437. The van der Waals surface area contributed by atoms with Gasteiger partial charge in [0.25, 0.3) is 0 Å². The SMILES string of the molecule is CC(=O)N1CCN2C(=O)[C@@H]1CCCC(=O)c1cc(C3CCCCC3)ccc12. The van der Waals surface area contributed by atoms with E-state index in [0.29, 0.717) is 43.8 Å². The van der Waals surface area contributed by atoms with Crippen LogP contribution >= 0.6 is 0 Å². The largest absolute Gasteiger partial charge is 0.329 e. The lowest BCUT2D eigenvalue weighted by Crippen LogP contribution is -2.58. The monoisotopic (exact) mass is 368 g/mol. The fraction of sp³-hybridized carbons (Fsp3) is 0.591. The maximum absolute atomic E-state index is 13.1. The number of rotatable bonds is 1. The van der Waals surface area contributed by atoms with E-state index in [-0.39, 0.29) is 17.6 Å². The molecule has 1 atom stereocenters. The Labute approximate surface area is 160 Å². The number of hydrogen-bond donors (Lipinski definition) is 0. The topological polar surface area (TPSA) is 57.7 Å². The van der Waals surface area contributed by atoms with Crippen LogP contribution in [0.2, 0.25) is 0 Å². The lowest BCUT2D eigenvalue weighted by Gasteiger charge is -2.40. The van der Waals surface area contributed by atoms with Crippen molar-refractivity contribution in [1.82, 2.24) is 4.90 Å². The molecule has 3 aliphatic rings. The van der Waals surface area contributed by atoms with Crippen molar-refractivity contribution in [2.75, 3.05) is 18.0 Å². The van der Waals surface area contributed by atoms with Gasteiger partial charge in [-0.1, -0.05) is 25.3 Å². The van der Waals surface area contributed by atoms with E-state index in [9.17, 15) is 14.4 Å². The summed E-state index contributed by atoms with van der Waals surface area (Å²) < 4.78 is 0. The van der Waals surface area contributed by atoms with Gasteiger partial charge in [-0.2, -0.15) is 0 Å². The summed E-state index contributed by atoms with van der Waals surface area (Å²) in [6.07, 6.45) is 7.81. The first-order valence-electron chi connectivity index (χ1n) is 10.3. The summed E-state index contributed by atoms with van der Waals surface area (Å²) >= 11 is 0. The van der Waals surface area contributed by atoms with Crippen molar-refractivity contribution >= 4 is 23.3 Å². The lowest BCUT2D eigenvalue weighted by molar-refractivity contribution is -0.140. The molecule has 0 unspecified atom stereocenters. The van der Waals surface area contributed by atoms with Gasteiger partial charge in [0, 0.05) is 32.0 Å². The number of nitrogens with zero attached hydrogens (tertiary/aromatic N) is 2. The van der Waals surface area contributed by atoms with Gasteiger partial charge in [-0.25, -0.2) is 0 Å². The molecule has 0 radical (unpaired) electrons. The Morgan fingerprint density at radius 3 is 2.52 bits per heavy atom. The number of fused-ring (bicyclic) bond motifs is 4. The van der Waals surface area contributed by atoms with Crippen LogP contribution < -0.4 is 4.90 Å². The molecule has 27 heavy (non-hydrogen) atoms. The zero-order chi connectivity index (χ0) is 19.0. The second kappa shape index (κ2) is 7.45. The number of hydrogen-bond acceptors (Lipinski definition) is 3. The maximum atomic E-state index is 13.1. The van der Waals surface area contributed by atoms with Gasteiger partial charge in [0.1, 0.15) is 6.04 Å². The van der Waals surface area contributed by atoms with Crippen LogP contribution in [0.25, 0.3) is 0 Å². The van der Waals surface area contributed by atoms with Crippen molar-refractivity contribution < 1.29 is 14.4 Å². The quantitative estimate of drug-likeness (QED) is 0.760. The summed E-state index contributed by atoms with van der Waals surface area (Å²) in [7, 11) is 0. The fourth-order valence-electron chi connectivity index (χ4n) is 4.98. The Morgan fingerprint density at radius 2 is 1.78 bits per heavy atom. The highest BCUT2D eigenvalue weighted by atomic mass is 16.2. The summed E-state index contributed by atoms with van der Waals surface area (Å²) in [5, 5.41) is 0. The molecule has 4 rings (SSSR count). The first kappa shape index (κ1) is 18.2. The molecule has 5 heteroatoms. The van der Waals surface area contributed by atoms with Gasteiger partial charge < -0.3 is 9.80 Å². The second-order valence-corrected chi connectivity index (χ2v) is 8.15. The summed E-state index contributed by atoms with van der Waals surface area (Å²) in [6, 6.07) is 5.70. The van der Waals surface area contributed by atoms with E-state index in [2.05, 4.69) is 12.1 Å². The minimum atomic E-state index is -0.437. The average Bonchev–Trinajstić information content (AvgIpc) is 2.71. The fourth-order valence-corrected chi connectivity index (χ4v) is 4.98. The van der Waals surface area contributed by atoms with Gasteiger partial charge in [-0.15, -0.1) is 0 Å². The summed E-state index contributed by atoms with van der Waals surface area (Å²) in [6.45, 7) is 2.51. The minimum Gasteiger partial charge on any atom is -0.329 e. The number of ketones is 1. The smallest absolute Gasteiger partial charge is 0.249 e. The van der Waals surface area contributed by atoms with Gasteiger partial charge in [0.15, 0.2) is 5.78 Å². The second-order valence-electron chi connectivity index (χ2n) is 8.15. The molecule has 1 aromatic carbocycles. The van der Waals surface area contributed by atoms with E-state index < -0.39 is 6.04 Å². The first-order valence-corrected chi connectivity index (χ1v) is 10.3. The van der Waals surface area contributed by atoms with E-state index in [4.69, 9.17) is 0 Å². The molecule has 2 fully saturated rings. The van der Waals surface area contributed by atoms with Crippen molar-refractivity contribution in [3.63, 3.8) is 0 Å². The molecule has 2 heterocycles. The van der Waals surface area contributed by atoms with Crippen LogP contribution in [0.3, 0.4) is 0 Å². The molecule has 0 aromatic heterocycles. The third-order valence-corrected chi connectivity index (χ3v) is 6.47. The third-order valence-electron chi connectivity index (χ3n) is 6.47. The Bertz CT molecular complexity index is 767. The van der Waals surface area contributed by atoms with E-state index in [1.54, 1.807) is 9.80 Å². The number of carbonyl (C=O) groups is 3. The molecule has 1 saturated carbocycles. The van der Waals surface area contributed by atoms with Gasteiger partial charge >= 0.3 is 0 Å². The van der Waals surface area contributed by atoms with Crippen LogP contribution in [0.15, 0.2) is 18.2 Å². The van der Waals surface area contributed by atoms with E-state index >= 15 is 0 Å². The highest BCUT2D eigenvalue weighted by Crippen LogP contribution is 2.36. The molecule has 2 aliphatic heterocycles. The van der Waals surface area contributed by atoms with Crippen LogP contribution in [0.5, 0.6) is 0 Å². The standard InChI is InChI=1S/C22H28N2O3/c1-15(25)23-12-13-24-19-11-10-17(16-6-3-2-4-7-16)14-18(19)21(26)9-5-8-20(23)22(24)27/h10-11,14,16,20H,2-9,12-13H2,1H3/t20-/m0/s1. The zero-order valence-electron chi connectivity index (χ0n) is 16.1. The number of carbonyl (C=O) groups excluding carboxylic acids is 3. The number of Topliss-reactive ketones (excluding diaryl/α,β-unsaturated/α-hetero) is 1. The number of anilines is 1. The maximum Gasteiger partial charge on any atom is 0.249 e. The van der Waals surface area contributed by atoms with Gasteiger partial charge in [-0.3, -0.25) is 14.4 Å². The molecule has 1 aliphatic carbocycles. The van der Waals surface area contributed by atoms with Crippen LogP contribution in [0.1, 0.15) is 80.1 Å². The van der Waals surface area contributed by atoms with Crippen molar-refractivity contribution in [3.8, 4) is 0 Å². The number of amides is 2. The molecule has 0 N–H and O–H groups in total. The predicted octanol–water partition coefficient (Wildman–Crippen LogP) is 3.66. The molecular formula is C22H28N2O3. The van der Waals surface area contributed by atoms with Crippen LogP contribution in [0.4, 0.5) is 5.69 Å². The third kappa shape index (κ3) is 3.40. The Morgan fingerprint density at radius 1 is 1.00 bits per heavy atom. The highest BCUT2D eigenvalue weighted by molar-refractivity contribution is 6.08. The molecule has 5 nitrogen and oxygen atoms in total. The first-order chi connectivity index (χ1) is 13.1.